The first-order valence-electron chi connectivity index (χ1n) is 7.35. The summed E-state index contributed by atoms with van der Waals surface area (Å²) in [6, 6.07) is 10.2. The van der Waals surface area contributed by atoms with Crippen molar-refractivity contribution in [2.75, 3.05) is 17.7 Å². The van der Waals surface area contributed by atoms with Crippen LogP contribution < -0.4 is 15.4 Å². The Labute approximate surface area is 147 Å². The third-order valence-corrected chi connectivity index (χ3v) is 3.28. The molecule has 0 saturated heterocycles. The maximum Gasteiger partial charge on any atom is 0.291 e. The Kier molecular flexibility index (Phi) is 4.90. The third kappa shape index (κ3) is 3.68. The number of amides is 1. The number of aromatic nitrogens is 4. The molecule has 10 heteroatoms. The highest BCUT2D eigenvalue weighted by Gasteiger charge is 2.12. The summed E-state index contributed by atoms with van der Waals surface area (Å²) in [7, 11) is 1.48. The Balaban J connectivity index is 1.76. The quantitative estimate of drug-likeness (QED) is 0.573. The van der Waals surface area contributed by atoms with Gasteiger partial charge in [-0.15, -0.1) is 10.2 Å². The highest BCUT2D eigenvalue weighted by molar-refractivity contribution is 6.03. The highest BCUT2D eigenvalue weighted by Crippen LogP contribution is 2.28. The van der Waals surface area contributed by atoms with E-state index in [1.54, 1.807) is 30.3 Å². The van der Waals surface area contributed by atoms with E-state index in [1.165, 1.54) is 19.6 Å². The van der Waals surface area contributed by atoms with Gasteiger partial charge in [0, 0.05) is 18.0 Å². The zero-order chi connectivity index (χ0) is 18.4. The number of methoxy groups -OCH3 is 1. The first kappa shape index (κ1) is 16.7. The number of hydrogen-bond acceptors (Lipinski definition) is 8. The molecule has 0 spiro atoms. The molecule has 3 N–H and O–H groups in total. The Hall–Kier alpha value is -4.13. The van der Waals surface area contributed by atoms with Crippen molar-refractivity contribution in [3.05, 3.63) is 54.4 Å². The molecule has 0 aliphatic heterocycles. The minimum atomic E-state index is -0.391. The first-order chi connectivity index (χ1) is 12.7. The van der Waals surface area contributed by atoms with Crippen LogP contribution in [0.3, 0.4) is 0 Å². The summed E-state index contributed by atoms with van der Waals surface area (Å²) in [6.45, 7) is 0. The Morgan fingerprint density at radius 1 is 1.42 bits per heavy atom. The summed E-state index contributed by atoms with van der Waals surface area (Å²) >= 11 is 0. The number of rotatable bonds is 6. The zero-order valence-electron chi connectivity index (χ0n) is 13.6. The van der Waals surface area contributed by atoms with E-state index in [1.807, 2.05) is 6.07 Å². The van der Waals surface area contributed by atoms with Gasteiger partial charge in [-0.1, -0.05) is 0 Å². The molecule has 0 bridgehead atoms. The van der Waals surface area contributed by atoms with E-state index in [-0.39, 0.29) is 17.2 Å². The number of benzene rings is 1. The van der Waals surface area contributed by atoms with Gasteiger partial charge < -0.3 is 19.8 Å². The van der Waals surface area contributed by atoms with Crippen LogP contribution in [0, 0.1) is 11.3 Å². The zero-order valence-corrected chi connectivity index (χ0v) is 13.6. The SMILES string of the molecule is COc1cc(NC=C(C#N)c2nn[nH]n2)ccc1NC(=O)c1ccco1. The largest absolute Gasteiger partial charge is 0.494 e. The van der Waals surface area contributed by atoms with Crippen LogP contribution >= 0.6 is 0 Å². The molecule has 130 valence electrons. The van der Waals surface area contributed by atoms with Gasteiger partial charge in [0.25, 0.3) is 5.91 Å². The van der Waals surface area contributed by atoms with Gasteiger partial charge in [-0.25, -0.2) is 0 Å². The molecule has 2 heterocycles. The molecular weight excluding hydrogens is 338 g/mol. The van der Waals surface area contributed by atoms with Gasteiger partial charge in [0.2, 0.25) is 5.82 Å². The molecular formula is C16H13N7O3. The van der Waals surface area contributed by atoms with Crippen molar-refractivity contribution < 1.29 is 13.9 Å². The van der Waals surface area contributed by atoms with E-state index in [0.29, 0.717) is 17.1 Å². The molecule has 0 radical (unpaired) electrons. The Morgan fingerprint density at radius 3 is 2.96 bits per heavy atom. The van der Waals surface area contributed by atoms with Crippen molar-refractivity contribution >= 4 is 22.9 Å². The van der Waals surface area contributed by atoms with Gasteiger partial charge in [-0.2, -0.15) is 10.5 Å². The molecule has 0 saturated carbocycles. The van der Waals surface area contributed by atoms with Crippen LogP contribution in [-0.4, -0.2) is 33.6 Å². The normalized spacial score (nSPS) is 10.8. The number of allylic oxidation sites excluding steroid dienone is 1. The number of carbonyl (C=O) groups excluding carboxylic acids is 1. The average Bonchev–Trinajstić information content (AvgIpc) is 3.37. The maximum atomic E-state index is 12.1. The standard InChI is InChI=1S/C16H13N7O3/c1-25-14-7-11(18-9-10(8-17)15-20-22-23-21-15)4-5-12(14)19-16(24)13-3-2-6-26-13/h2-7,9,18H,1H3,(H,19,24)(H,20,21,22,23). The fourth-order valence-electron chi connectivity index (χ4n) is 2.05. The van der Waals surface area contributed by atoms with Crippen molar-refractivity contribution in [3.8, 4) is 11.8 Å². The van der Waals surface area contributed by atoms with E-state index < -0.39 is 5.91 Å². The van der Waals surface area contributed by atoms with Crippen LogP contribution in [0.25, 0.3) is 5.57 Å². The number of nitrogens with zero attached hydrogens (tertiary/aromatic N) is 4. The molecule has 0 fully saturated rings. The minimum Gasteiger partial charge on any atom is -0.494 e. The Morgan fingerprint density at radius 2 is 2.31 bits per heavy atom. The fourth-order valence-corrected chi connectivity index (χ4v) is 2.05. The van der Waals surface area contributed by atoms with Crippen molar-refractivity contribution in [2.45, 2.75) is 0 Å². The van der Waals surface area contributed by atoms with Gasteiger partial charge in [-0.3, -0.25) is 4.79 Å². The molecule has 2 aromatic heterocycles. The first-order valence-corrected chi connectivity index (χ1v) is 7.35. The van der Waals surface area contributed by atoms with Crippen molar-refractivity contribution in [1.82, 2.24) is 20.6 Å². The number of tetrazole rings is 1. The fraction of sp³-hybridized carbons (Fsp3) is 0.0625. The van der Waals surface area contributed by atoms with Crippen LogP contribution in [-0.2, 0) is 0 Å². The smallest absolute Gasteiger partial charge is 0.291 e. The molecule has 0 aliphatic rings. The summed E-state index contributed by atoms with van der Waals surface area (Å²) < 4.78 is 10.4. The van der Waals surface area contributed by atoms with Crippen LogP contribution in [0.1, 0.15) is 16.4 Å². The summed E-state index contributed by atoms with van der Waals surface area (Å²) in [4.78, 5) is 12.1. The van der Waals surface area contributed by atoms with Gasteiger partial charge in [-0.05, 0) is 29.5 Å². The molecule has 10 nitrogen and oxygen atoms in total. The number of aromatic amines is 1. The molecule has 0 atom stereocenters. The van der Waals surface area contributed by atoms with Gasteiger partial charge in [0.05, 0.1) is 19.1 Å². The Bertz CT molecular complexity index is 956. The number of anilines is 2. The molecule has 1 aromatic carbocycles. The lowest BCUT2D eigenvalue weighted by Gasteiger charge is -2.11. The number of carbonyl (C=O) groups is 1. The second-order valence-corrected chi connectivity index (χ2v) is 4.90. The van der Waals surface area contributed by atoms with Gasteiger partial charge in [0.1, 0.15) is 17.4 Å². The van der Waals surface area contributed by atoms with Crippen molar-refractivity contribution in [2.24, 2.45) is 0 Å². The minimum absolute atomic E-state index is 0.175. The molecule has 1 amide bonds. The van der Waals surface area contributed by atoms with E-state index >= 15 is 0 Å². The summed E-state index contributed by atoms with van der Waals surface area (Å²) in [5.41, 5.74) is 1.31. The average molecular weight is 351 g/mol. The molecule has 3 aromatic rings. The maximum absolute atomic E-state index is 12.1. The summed E-state index contributed by atoms with van der Waals surface area (Å²) in [6.07, 6.45) is 2.86. The van der Waals surface area contributed by atoms with E-state index in [2.05, 4.69) is 31.3 Å². The molecule has 0 unspecified atom stereocenters. The second kappa shape index (κ2) is 7.63. The lowest BCUT2D eigenvalue weighted by atomic mass is 10.2. The second-order valence-electron chi connectivity index (χ2n) is 4.90. The van der Waals surface area contributed by atoms with Crippen LogP contribution in [0.5, 0.6) is 5.75 Å². The summed E-state index contributed by atoms with van der Waals surface area (Å²) in [5, 5.41) is 28.0. The topological polar surface area (TPSA) is 142 Å². The lowest BCUT2D eigenvalue weighted by molar-refractivity contribution is 0.0996. The van der Waals surface area contributed by atoms with Gasteiger partial charge >= 0.3 is 0 Å². The van der Waals surface area contributed by atoms with E-state index in [4.69, 9.17) is 14.4 Å². The van der Waals surface area contributed by atoms with E-state index in [0.717, 1.165) is 0 Å². The number of H-pyrrole nitrogens is 1. The lowest BCUT2D eigenvalue weighted by Crippen LogP contribution is -2.11. The summed E-state index contributed by atoms with van der Waals surface area (Å²) in [5.74, 6) is 0.407. The highest BCUT2D eigenvalue weighted by atomic mass is 16.5. The third-order valence-electron chi connectivity index (χ3n) is 3.28. The van der Waals surface area contributed by atoms with E-state index in [9.17, 15) is 4.79 Å². The predicted molar refractivity (Wildman–Crippen MR) is 91.0 cm³/mol. The monoisotopic (exact) mass is 351 g/mol. The van der Waals surface area contributed by atoms with Crippen molar-refractivity contribution in [1.29, 1.82) is 5.26 Å². The van der Waals surface area contributed by atoms with Crippen LogP contribution in [0.4, 0.5) is 11.4 Å². The van der Waals surface area contributed by atoms with Gasteiger partial charge in [0.15, 0.2) is 5.76 Å². The predicted octanol–water partition coefficient (Wildman–Crippen LogP) is 2.03. The molecule has 26 heavy (non-hydrogen) atoms. The number of hydrogen-bond donors (Lipinski definition) is 3. The van der Waals surface area contributed by atoms with Crippen molar-refractivity contribution in [3.63, 3.8) is 0 Å². The van der Waals surface area contributed by atoms with Crippen LogP contribution in [0.15, 0.2) is 47.2 Å². The molecule has 0 aliphatic carbocycles. The number of nitriles is 1. The number of furan rings is 1. The number of ether oxygens (including phenoxy) is 1. The number of nitrogens with one attached hydrogen (secondary N) is 3. The van der Waals surface area contributed by atoms with Crippen LogP contribution in [0.2, 0.25) is 0 Å². The molecule has 3 rings (SSSR count).